The van der Waals surface area contributed by atoms with Gasteiger partial charge in [-0.2, -0.15) is 0 Å². The van der Waals surface area contributed by atoms with Gasteiger partial charge in [-0.3, -0.25) is 0 Å². The molecule has 0 aliphatic rings. The number of hydrogen-bond donors (Lipinski definition) is 0. The van der Waals surface area contributed by atoms with E-state index in [9.17, 15) is 0 Å². The Labute approximate surface area is 54.9 Å². The largest absolute Gasteiger partial charge is 0.147 e. The van der Waals surface area contributed by atoms with Crippen molar-refractivity contribution in [2.75, 3.05) is 0 Å². The highest BCUT2D eigenvalue weighted by atomic mass is 35.5. The lowest BCUT2D eigenvalue weighted by Crippen LogP contribution is 0.0813. The first-order chi connectivity index (χ1) is 0. The molecule has 6 radical (unpaired) electrons. The second-order valence-corrected chi connectivity index (χ2v) is 0. The summed E-state index contributed by atoms with van der Waals surface area (Å²) in [7, 11) is 0. The summed E-state index contributed by atoms with van der Waals surface area (Å²) in [5, 5.41) is 0. The molecule has 0 N–H and O–H groups in total. The van der Waals surface area contributed by atoms with Crippen LogP contribution in [0.5, 0.6) is 0 Å². The Morgan fingerprint density at radius 1 is 0.600 bits per heavy atom. The number of hydrogen-bond acceptors (Lipinski definition) is 0. The summed E-state index contributed by atoms with van der Waals surface area (Å²) in [4.78, 5) is 0. The molecule has 0 saturated heterocycles. The molecular formula is CH4Cl3P. The summed E-state index contributed by atoms with van der Waals surface area (Å²) in [5.41, 5.74) is 0. The summed E-state index contributed by atoms with van der Waals surface area (Å²) in [6.07, 6.45) is 0. The van der Waals surface area contributed by atoms with Crippen molar-refractivity contribution in [1.82, 2.24) is 0 Å². The Kier molecular flexibility index (Phi) is 1210. The Bertz CT molecular complexity index is 6.85. The zero-order valence-electron chi connectivity index (χ0n) is 2.25. The summed E-state index contributed by atoms with van der Waals surface area (Å²) in [5.74, 6) is 0. The van der Waals surface area contributed by atoms with Crippen molar-refractivity contribution >= 4 is 47.1 Å². The van der Waals surface area contributed by atoms with Crippen molar-refractivity contribution in [1.29, 1.82) is 0 Å². The van der Waals surface area contributed by atoms with Crippen LogP contribution in [0.3, 0.4) is 0 Å². The lowest BCUT2D eigenvalue weighted by atomic mass is 12.0. The molecule has 0 aliphatic heterocycles. The van der Waals surface area contributed by atoms with Gasteiger partial charge in [-0.25, -0.2) is 0 Å². The SMILES string of the molecule is Cl.Cl.Cl.[CH].[P]. The molecule has 0 amide bonds. The van der Waals surface area contributed by atoms with Gasteiger partial charge in [0.25, 0.3) is 0 Å². The minimum atomic E-state index is 0. The molecule has 0 unspecified atom stereocenters. The van der Waals surface area contributed by atoms with Crippen LogP contribution < -0.4 is 0 Å². The van der Waals surface area contributed by atoms with Gasteiger partial charge >= 0.3 is 0 Å². The smallest absolute Gasteiger partial charge is 0 e. The summed E-state index contributed by atoms with van der Waals surface area (Å²) < 4.78 is 0. The molecule has 0 nitrogen and oxygen atoms in total. The molecule has 4 heteroatoms. The number of halogens is 3. The average Bonchev–Trinajstić information content (AvgIpc) is 0. The summed E-state index contributed by atoms with van der Waals surface area (Å²) in [6.45, 7) is 0. The van der Waals surface area contributed by atoms with Crippen molar-refractivity contribution in [3.63, 3.8) is 0 Å². The third kappa shape index (κ3) is 34.2. The van der Waals surface area contributed by atoms with Crippen LogP contribution in [-0.2, 0) is 0 Å². The average molecular weight is 153 g/mol. The van der Waals surface area contributed by atoms with Crippen LogP contribution in [0.4, 0.5) is 0 Å². The fraction of sp³-hybridized carbons (Fsp3) is 0. The molecule has 34 valence electrons. The van der Waals surface area contributed by atoms with Gasteiger partial charge in [0.1, 0.15) is 0 Å². The first kappa shape index (κ1) is 105. The molecule has 0 bridgehead atoms. The maximum absolute atomic E-state index is 0. The maximum atomic E-state index is 0. The lowest BCUT2D eigenvalue weighted by Gasteiger charge is -0.148. The van der Waals surface area contributed by atoms with Crippen LogP contribution in [0.2, 0.25) is 0 Å². The van der Waals surface area contributed by atoms with E-state index in [1.807, 2.05) is 0 Å². The fourth-order valence-corrected chi connectivity index (χ4v) is 0. The van der Waals surface area contributed by atoms with Crippen LogP contribution >= 0.6 is 47.1 Å². The second-order valence-electron chi connectivity index (χ2n) is 0. The molecule has 0 aromatic rings. The van der Waals surface area contributed by atoms with Crippen LogP contribution in [0, 0.1) is 7.43 Å². The minimum absolute atomic E-state index is 0. The minimum Gasteiger partial charge on any atom is -0.147 e. The van der Waals surface area contributed by atoms with E-state index < -0.39 is 0 Å². The molecule has 0 saturated carbocycles. The van der Waals surface area contributed by atoms with Gasteiger partial charge in [0.2, 0.25) is 0 Å². The van der Waals surface area contributed by atoms with Crippen LogP contribution in [0.25, 0.3) is 0 Å². The van der Waals surface area contributed by atoms with E-state index >= 15 is 0 Å². The number of rotatable bonds is 0. The van der Waals surface area contributed by atoms with E-state index in [1.54, 1.807) is 0 Å². The predicted molar refractivity (Wildman–Crippen MR) is 33.0 cm³/mol. The molecule has 0 heterocycles. The third-order valence-corrected chi connectivity index (χ3v) is 0. The zero-order valence-corrected chi connectivity index (χ0v) is 5.59. The highest BCUT2D eigenvalue weighted by molar-refractivity contribution is 6.92. The molecule has 0 spiro atoms. The van der Waals surface area contributed by atoms with E-state index in [-0.39, 0.29) is 54.5 Å². The van der Waals surface area contributed by atoms with E-state index in [2.05, 4.69) is 0 Å². The Balaban J connectivity index is 0. The van der Waals surface area contributed by atoms with Crippen molar-refractivity contribution in [3.8, 4) is 0 Å². The first-order valence-corrected chi connectivity index (χ1v) is 0. The topological polar surface area (TPSA) is 0 Å². The molecule has 0 aliphatic carbocycles. The summed E-state index contributed by atoms with van der Waals surface area (Å²) >= 11 is 0. The van der Waals surface area contributed by atoms with Gasteiger partial charge in [-0.15, -0.1) is 37.2 Å². The van der Waals surface area contributed by atoms with E-state index in [1.165, 1.54) is 0 Å². The second kappa shape index (κ2) is 58.0. The van der Waals surface area contributed by atoms with Gasteiger partial charge in [0, 0.05) is 9.90 Å². The molecule has 0 aromatic carbocycles. The highest BCUT2D eigenvalue weighted by Gasteiger charge is 0.0000541. The standard InChI is InChI=1S/CH.3ClH.P/h4*1H;. The molecular weight excluding hydrogens is 149 g/mol. The Morgan fingerprint density at radius 3 is 0.600 bits per heavy atom. The van der Waals surface area contributed by atoms with E-state index in [0.29, 0.717) is 0 Å². The molecule has 0 fully saturated rings. The van der Waals surface area contributed by atoms with Crippen LogP contribution in [0.15, 0.2) is 0 Å². The highest BCUT2D eigenvalue weighted by Crippen LogP contribution is 0.861. The van der Waals surface area contributed by atoms with Gasteiger partial charge in [0.15, 0.2) is 0 Å². The van der Waals surface area contributed by atoms with Gasteiger partial charge < -0.3 is 0 Å². The van der Waals surface area contributed by atoms with Gasteiger partial charge in [-0.05, 0) is 7.43 Å². The summed E-state index contributed by atoms with van der Waals surface area (Å²) in [6, 6.07) is 0. The fourth-order valence-electron chi connectivity index (χ4n) is 0. The molecule has 0 rings (SSSR count). The predicted octanol–water partition coefficient (Wildman–Crippen LogP) is 2.33. The first-order valence-electron chi connectivity index (χ1n) is 0. The van der Waals surface area contributed by atoms with Crippen LogP contribution in [-0.4, -0.2) is 0 Å². The van der Waals surface area contributed by atoms with Gasteiger partial charge in [-0.1, -0.05) is 0 Å². The Hall–Kier alpha value is 1.30. The van der Waals surface area contributed by atoms with Crippen molar-refractivity contribution < 1.29 is 0 Å². The lowest BCUT2D eigenvalue weighted by molar-refractivity contribution is 3.24. The molecule has 0 aromatic heterocycles. The van der Waals surface area contributed by atoms with E-state index in [0.717, 1.165) is 0 Å². The Morgan fingerprint density at radius 2 is 0.600 bits per heavy atom. The molecule has 0 atom stereocenters. The molecule has 5 heavy (non-hydrogen) atoms. The van der Waals surface area contributed by atoms with Crippen molar-refractivity contribution in [3.05, 3.63) is 7.43 Å². The van der Waals surface area contributed by atoms with E-state index in [4.69, 9.17) is 0 Å². The third-order valence-electron chi connectivity index (χ3n) is 0. The monoisotopic (exact) mass is 152 g/mol. The van der Waals surface area contributed by atoms with Crippen LogP contribution in [0.1, 0.15) is 0 Å². The zero-order chi connectivity index (χ0) is 0. The normalized spacial score (nSPS) is 0. The van der Waals surface area contributed by atoms with Crippen molar-refractivity contribution in [2.45, 2.75) is 0 Å². The van der Waals surface area contributed by atoms with Gasteiger partial charge in [0.05, 0.1) is 0 Å². The quantitative estimate of drug-likeness (QED) is 0.469. The maximum Gasteiger partial charge on any atom is 0 e. The van der Waals surface area contributed by atoms with Crippen molar-refractivity contribution in [2.24, 2.45) is 0 Å².